The maximum atomic E-state index is 13.3. The zero-order valence-corrected chi connectivity index (χ0v) is 11.1. The number of halogens is 1. The molecule has 0 saturated carbocycles. The Balaban J connectivity index is 1.86. The predicted molar refractivity (Wildman–Crippen MR) is 76.8 cm³/mol. The molecule has 1 atom stereocenters. The van der Waals surface area contributed by atoms with Crippen LogP contribution < -0.4 is 0 Å². The van der Waals surface area contributed by atoms with Crippen LogP contribution in [-0.2, 0) is 0 Å². The number of fused-ring (bicyclic) bond motifs is 1. The minimum Gasteiger partial charge on any atom is -0.495 e. The van der Waals surface area contributed by atoms with E-state index in [1.165, 1.54) is 42.5 Å². The van der Waals surface area contributed by atoms with Gasteiger partial charge >= 0.3 is 5.97 Å². The van der Waals surface area contributed by atoms with Gasteiger partial charge in [-0.1, -0.05) is 0 Å². The van der Waals surface area contributed by atoms with Gasteiger partial charge in [-0.2, -0.15) is 10.2 Å². The van der Waals surface area contributed by atoms with Gasteiger partial charge < -0.3 is 10.2 Å². The molecule has 2 aromatic carbocycles. The average molecular weight is 299 g/mol. The van der Waals surface area contributed by atoms with Crippen LogP contribution in [0.1, 0.15) is 22.0 Å². The Morgan fingerprint density at radius 2 is 1.91 bits per heavy atom. The summed E-state index contributed by atoms with van der Waals surface area (Å²) in [5.41, 5.74) is 1.44. The van der Waals surface area contributed by atoms with Gasteiger partial charge in [0, 0.05) is 5.56 Å². The quantitative estimate of drug-likeness (QED) is 0.840. The molecule has 2 aromatic rings. The number of rotatable bonds is 3. The van der Waals surface area contributed by atoms with Gasteiger partial charge in [0.15, 0.2) is 6.04 Å². The van der Waals surface area contributed by atoms with E-state index in [2.05, 4.69) is 15.2 Å². The molecule has 6 nitrogen and oxygen atoms in total. The molecule has 110 valence electrons. The molecule has 1 unspecified atom stereocenters. The number of aromatic carboxylic acids is 1. The molecule has 0 aromatic heterocycles. The molecule has 0 radical (unpaired) electrons. The van der Waals surface area contributed by atoms with Crippen LogP contribution in [0.15, 0.2) is 57.7 Å². The van der Waals surface area contributed by atoms with Crippen molar-refractivity contribution in [2.45, 2.75) is 6.04 Å². The van der Waals surface area contributed by atoms with Crippen LogP contribution in [0.4, 0.5) is 15.8 Å². The van der Waals surface area contributed by atoms with E-state index in [9.17, 15) is 14.3 Å². The summed E-state index contributed by atoms with van der Waals surface area (Å²) in [6.07, 6.45) is 0. The van der Waals surface area contributed by atoms with Gasteiger partial charge in [-0.3, -0.25) is 0 Å². The lowest BCUT2D eigenvalue weighted by atomic mass is 10.1. The van der Waals surface area contributed by atoms with Crippen LogP contribution in [0, 0.1) is 5.82 Å². The Kier molecular flexibility index (Phi) is 3.38. The number of aliphatic hydroxyl groups excluding tert-OH is 1. The van der Waals surface area contributed by atoms with Gasteiger partial charge in [0.2, 0.25) is 5.90 Å². The molecule has 0 spiro atoms. The lowest BCUT2D eigenvalue weighted by Gasteiger charge is -2.04. The Hall–Kier alpha value is -3.09. The minimum atomic E-state index is -1.03. The van der Waals surface area contributed by atoms with Crippen molar-refractivity contribution in [2.75, 3.05) is 0 Å². The first-order chi connectivity index (χ1) is 10.5. The summed E-state index contributed by atoms with van der Waals surface area (Å²) in [6, 6.07) is 8.87. The summed E-state index contributed by atoms with van der Waals surface area (Å²) in [7, 11) is 0. The smallest absolute Gasteiger partial charge is 0.335 e. The van der Waals surface area contributed by atoms with E-state index in [4.69, 9.17) is 5.11 Å². The first-order valence-electron chi connectivity index (χ1n) is 6.36. The average Bonchev–Trinajstić information content (AvgIpc) is 2.80. The van der Waals surface area contributed by atoms with Crippen LogP contribution in [-0.4, -0.2) is 22.1 Å². The number of hydrogen-bond donors (Lipinski definition) is 2. The largest absolute Gasteiger partial charge is 0.495 e. The maximum Gasteiger partial charge on any atom is 0.335 e. The SMILES string of the molecule is O=C(O)c1ccc(/N=N/C2C(O)=Nc3ccc(F)cc32)cc1. The molecule has 0 saturated heterocycles. The molecule has 2 N–H and O–H groups in total. The highest BCUT2D eigenvalue weighted by Crippen LogP contribution is 2.36. The first kappa shape index (κ1) is 13.9. The van der Waals surface area contributed by atoms with Crippen molar-refractivity contribution in [3.63, 3.8) is 0 Å². The van der Waals surface area contributed by atoms with E-state index in [1.807, 2.05) is 0 Å². The molecular weight excluding hydrogens is 289 g/mol. The van der Waals surface area contributed by atoms with Crippen molar-refractivity contribution in [3.05, 3.63) is 59.4 Å². The van der Waals surface area contributed by atoms with E-state index in [0.717, 1.165) is 0 Å². The molecule has 1 aliphatic rings. The van der Waals surface area contributed by atoms with E-state index in [1.54, 1.807) is 0 Å². The summed E-state index contributed by atoms with van der Waals surface area (Å²) in [6.45, 7) is 0. The standard InChI is InChI=1S/C15H10FN3O3/c16-9-3-6-12-11(7-9)13(14(20)17-12)19-18-10-4-1-8(2-5-10)15(21)22/h1-7,13H,(H,17,20)(H,21,22)/b19-18+. The predicted octanol–water partition coefficient (Wildman–Crippen LogP) is 3.95. The van der Waals surface area contributed by atoms with E-state index in [-0.39, 0.29) is 11.5 Å². The molecule has 7 heteroatoms. The first-order valence-corrected chi connectivity index (χ1v) is 6.36. The number of nitrogens with zero attached hydrogens (tertiary/aromatic N) is 3. The molecule has 3 rings (SSSR count). The fourth-order valence-corrected chi connectivity index (χ4v) is 2.08. The highest BCUT2D eigenvalue weighted by molar-refractivity contribution is 5.90. The van der Waals surface area contributed by atoms with Gasteiger partial charge in [-0.15, -0.1) is 0 Å². The fourth-order valence-electron chi connectivity index (χ4n) is 2.08. The van der Waals surface area contributed by atoms with E-state index >= 15 is 0 Å². The second-order valence-corrected chi connectivity index (χ2v) is 4.64. The molecule has 0 amide bonds. The summed E-state index contributed by atoms with van der Waals surface area (Å²) in [4.78, 5) is 14.7. The Morgan fingerprint density at radius 1 is 1.18 bits per heavy atom. The maximum absolute atomic E-state index is 13.3. The third kappa shape index (κ3) is 2.56. The van der Waals surface area contributed by atoms with Crippen molar-refractivity contribution in [2.24, 2.45) is 15.2 Å². The molecule has 0 bridgehead atoms. The van der Waals surface area contributed by atoms with Gasteiger partial charge in [-0.25, -0.2) is 14.2 Å². The van der Waals surface area contributed by atoms with Crippen LogP contribution in [0.5, 0.6) is 0 Å². The fraction of sp³-hybridized carbons (Fsp3) is 0.0667. The van der Waals surface area contributed by atoms with Crippen LogP contribution in [0.3, 0.4) is 0 Å². The molecule has 0 aliphatic carbocycles. The van der Waals surface area contributed by atoms with Crippen molar-refractivity contribution in [1.82, 2.24) is 0 Å². The highest BCUT2D eigenvalue weighted by Gasteiger charge is 2.27. The Morgan fingerprint density at radius 3 is 2.59 bits per heavy atom. The van der Waals surface area contributed by atoms with Gasteiger partial charge in [-0.05, 0) is 42.5 Å². The van der Waals surface area contributed by atoms with Crippen LogP contribution in [0.25, 0.3) is 0 Å². The monoisotopic (exact) mass is 299 g/mol. The summed E-state index contributed by atoms with van der Waals surface area (Å²) in [5.74, 6) is -1.74. The van der Waals surface area contributed by atoms with Crippen molar-refractivity contribution >= 4 is 23.2 Å². The molecule has 22 heavy (non-hydrogen) atoms. The minimum absolute atomic E-state index is 0.136. The number of benzene rings is 2. The molecule has 0 fully saturated rings. The Labute approximate surface area is 124 Å². The highest BCUT2D eigenvalue weighted by atomic mass is 19.1. The summed E-state index contributed by atoms with van der Waals surface area (Å²) >= 11 is 0. The Bertz CT molecular complexity index is 800. The number of carboxylic acid groups (broad SMARTS) is 1. The zero-order valence-electron chi connectivity index (χ0n) is 11.1. The summed E-state index contributed by atoms with van der Waals surface area (Å²) < 4.78 is 13.3. The number of carbonyl (C=O) groups is 1. The van der Waals surface area contributed by atoms with E-state index < -0.39 is 17.8 Å². The van der Waals surface area contributed by atoms with Gasteiger partial charge in [0.05, 0.1) is 16.9 Å². The third-order valence-electron chi connectivity index (χ3n) is 3.17. The second kappa shape index (κ2) is 5.36. The van der Waals surface area contributed by atoms with Crippen molar-refractivity contribution in [1.29, 1.82) is 0 Å². The topological polar surface area (TPSA) is 94.6 Å². The number of aliphatic hydroxyl groups is 1. The van der Waals surface area contributed by atoms with Crippen LogP contribution in [0.2, 0.25) is 0 Å². The summed E-state index contributed by atoms with van der Waals surface area (Å²) in [5, 5.41) is 26.5. The zero-order chi connectivity index (χ0) is 15.7. The molecule has 1 heterocycles. The second-order valence-electron chi connectivity index (χ2n) is 4.64. The molecular formula is C15H10FN3O3. The normalized spacial score (nSPS) is 16.6. The number of aliphatic imine (C=N–C) groups is 1. The molecule has 1 aliphatic heterocycles. The van der Waals surface area contributed by atoms with Crippen LogP contribution >= 0.6 is 0 Å². The number of hydrogen-bond acceptors (Lipinski definition) is 4. The third-order valence-corrected chi connectivity index (χ3v) is 3.17. The lowest BCUT2D eigenvalue weighted by Crippen LogP contribution is -2.03. The van der Waals surface area contributed by atoms with Gasteiger partial charge in [0.1, 0.15) is 5.82 Å². The lowest BCUT2D eigenvalue weighted by molar-refractivity contribution is 0.0697. The van der Waals surface area contributed by atoms with Gasteiger partial charge in [0.25, 0.3) is 0 Å². The van der Waals surface area contributed by atoms with Crippen molar-refractivity contribution in [3.8, 4) is 0 Å². The number of azo groups is 1. The van der Waals surface area contributed by atoms with Crippen molar-refractivity contribution < 1.29 is 19.4 Å². The van der Waals surface area contributed by atoms with E-state index in [0.29, 0.717) is 16.9 Å². The number of carboxylic acids is 1.